The van der Waals surface area contributed by atoms with E-state index in [1.165, 1.54) is 5.56 Å². The predicted molar refractivity (Wildman–Crippen MR) is 104 cm³/mol. The normalized spacial score (nSPS) is 19.0. The van der Waals surface area contributed by atoms with Crippen LogP contribution >= 0.6 is 0 Å². The first kappa shape index (κ1) is 16.7. The maximum absolute atomic E-state index is 13.3. The summed E-state index contributed by atoms with van der Waals surface area (Å²) >= 11 is 0. The number of fused-ring (bicyclic) bond motifs is 1. The SMILES string of the molecule is COc1cccc2[nH]c(C(=O)N3CCC(c4ccccc4)C3(C)C)cc12. The van der Waals surface area contributed by atoms with Crippen LogP contribution in [-0.2, 0) is 0 Å². The lowest BCUT2D eigenvalue weighted by atomic mass is 9.82. The zero-order valence-electron chi connectivity index (χ0n) is 15.5. The zero-order chi connectivity index (χ0) is 18.3. The minimum atomic E-state index is -0.236. The van der Waals surface area contributed by atoms with Crippen LogP contribution < -0.4 is 4.74 Å². The molecule has 3 aromatic rings. The number of likely N-dealkylation sites (tertiary alicyclic amines) is 1. The summed E-state index contributed by atoms with van der Waals surface area (Å²) in [7, 11) is 1.65. The van der Waals surface area contributed by atoms with Gasteiger partial charge in [0.2, 0.25) is 0 Å². The highest BCUT2D eigenvalue weighted by atomic mass is 16.5. The smallest absolute Gasteiger partial charge is 0.270 e. The molecule has 0 saturated carbocycles. The number of hydrogen-bond donors (Lipinski definition) is 1. The van der Waals surface area contributed by atoms with Crippen LogP contribution in [0.2, 0.25) is 0 Å². The number of nitrogens with one attached hydrogen (secondary N) is 1. The van der Waals surface area contributed by atoms with E-state index in [0.29, 0.717) is 11.6 Å². The van der Waals surface area contributed by atoms with Crippen molar-refractivity contribution in [1.29, 1.82) is 0 Å². The molecule has 0 spiro atoms. The fourth-order valence-electron chi connectivity index (χ4n) is 4.28. The Bertz CT molecular complexity index is 943. The Morgan fingerprint density at radius 3 is 2.65 bits per heavy atom. The maximum Gasteiger partial charge on any atom is 0.270 e. The van der Waals surface area contributed by atoms with Gasteiger partial charge in [-0.3, -0.25) is 4.79 Å². The quantitative estimate of drug-likeness (QED) is 0.753. The Hall–Kier alpha value is -2.75. The number of aromatic amines is 1. The highest BCUT2D eigenvalue weighted by Crippen LogP contribution is 2.42. The molecule has 4 rings (SSSR count). The maximum atomic E-state index is 13.3. The molecule has 2 aromatic carbocycles. The first-order valence-electron chi connectivity index (χ1n) is 9.05. The fraction of sp³-hybridized carbons (Fsp3) is 0.318. The van der Waals surface area contributed by atoms with Gasteiger partial charge in [0.05, 0.1) is 7.11 Å². The summed E-state index contributed by atoms with van der Waals surface area (Å²) in [4.78, 5) is 18.5. The summed E-state index contributed by atoms with van der Waals surface area (Å²) in [5.74, 6) is 1.17. The van der Waals surface area contributed by atoms with Crippen molar-refractivity contribution in [2.75, 3.05) is 13.7 Å². The standard InChI is InChI=1S/C22H24N2O2/c1-22(2)17(15-8-5-4-6-9-15)12-13-24(22)21(25)19-14-16-18(23-19)10-7-11-20(16)26-3/h4-11,14,17,23H,12-13H2,1-3H3. The van der Waals surface area contributed by atoms with Crippen molar-refractivity contribution in [1.82, 2.24) is 9.88 Å². The number of aromatic nitrogens is 1. The molecule has 1 N–H and O–H groups in total. The van der Waals surface area contributed by atoms with Crippen molar-refractivity contribution < 1.29 is 9.53 Å². The summed E-state index contributed by atoms with van der Waals surface area (Å²) in [6.07, 6.45) is 0.978. The lowest BCUT2D eigenvalue weighted by molar-refractivity contribution is 0.0630. The van der Waals surface area contributed by atoms with Crippen LogP contribution in [-0.4, -0.2) is 35.0 Å². The summed E-state index contributed by atoms with van der Waals surface area (Å²) in [6.45, 7) is 5.09. The number of ether oxygens (including phenoxy) is 1. The van der Waals surface area contributed by atoms with Gasteiger partial charge in [-0.1, -0.05) is 36.4 Å². The Morgan fingerprint density at radius 1 is 1.15 bits per heavy atom. The van der Waals surface area contributed by atoms with Gasteiger partial charge in [-0.15, -0.1) is 0 Å². The van der Waals surface area contributed by atoms with Gasteiger partial charge < -0.3 is 14.6 Å². The molecule has 1 fully saturated rings. The molecule has 1 saturated heterocycles. The van der Waals surface area contributed by atoms with Crippen LogP contribution in [0.1, 0.15) is 42.2 Å². The van der Waals surface area contributed by atoms with Gasteiger partial charge >= 0.3 is 0 Å². The van der Waals surface area contributed by atoms with E-state index in [9.17, 15) is 4.79 Å². The van der Waals surface area contributed by atoms with Gasteiger partial charge in [0.1, 0.15) is 11.4 Å². The molecular weight excluding hydrogens is 324 g/mol. The van der Waals surface area contributed by atoms with Crippen LogP contribution in [0.3, 0.4) is 0 Å². The minimum Gasteiger partial charge on any atom is -0.496 e. The Labute approximate surface area is 153 Å². The molecule has 0 bridgehead atoms. The van der Waals surface area contributed by atoms with Gasteiger partial charge in [0.25, 0.3) is 5.91 Å². The first-order valence-corrected chi connectivity index (χ1v) is 9.05. The Kier molecular flexibility index (Phi) is 3.98. The summed E-state index contributed by atoms with van der Waals surface area (Å²) < 4.78 is 5.42. The van der Waals surface area contributed by atoms with Crippen molar-refractivity contribution in [2.45, 2.75) is 31.7 Å². The monoisotopic (exact) mass is 348 g/mol. The number of carbonyl (C=O) groups excluding carboxylic acids is 1. The molecule has 1 aromatic heterocycles. The highest BCUT2D eigenvalue weighted by Gasteiger charge is 2.44. The molecule has 134 valence electrons. The third-order valence-corrected chi connectivity index (χ3v) is 5.71. The molecule has 4 nitrogen and oxygen atoms in total. The molecule has 0 aliphatic carbocycles. The lowest BCUT2D eigenvalue weighted by Gasteiger charge is -2.36. The average molecular weight is 348 g/mol. The summed E-state index contributed by atoms with van der Waals surface area (Å²) in [6, 6.07) is 18.2. The second-order valence-electron chi connectivity index (χ2n) is 7.47. The molecule has 1 amide bonds. The van der Waals surface area contributed by atoms with E-state index >= 15 is 0 Å². The lowest BCUT2D eigenvalue weighted by Crippen LogP contribution is -2.45. The van der Waals surface area contributed by atoms with E-state index in [0.717, 1.165) is 29.6 Å². The van der Waals surface area contributed by atoms with Crippen molar-refractivity contribution in [3.8, 4) is 5.75 Å². The van der Waals surface area contributed by atoms with Crippen LogP contribution in [0.5, 0.6) is 5.75 Å². The summed E-state index contributed by atoms with van der Waals surface area (Å²) in [5, 5.41) is 0.940. The van der Waals surface area contributed by atoms with Crippen molar-refractivity contribution in [3.63, 3.8) is 0 Å². The van der Waals surface area contributed by atoms with Crippen molar-refractivity contribution in [3.05, 3.63) is 65.9 Å². The number of nitrogens with zero attached hydrogens (tertiary/aromatic N) is 1. The number of methoxy groups -OCH3 is 1. The number of hydrogen-bond acceptors (Lipinski definition) is 2. The molecule has 26 heavy (non-hydrogen) atoms. The Morgan fingerprint density at radius 2 is 1.92 bits per heavy atom. The van der Waals surface area contributed by atoms with Crippen LogP contribution in [0.4, 0.5) is 0 Å². The second-order valence-corrected chi connectivity index (χ2v) is 7.47. The van der Waals surface area contributed by atoms with Gasteiger partial charge in [-0.2, -0.15) is 0 Å². The summed E-state index contributed by atoms with van der Waals surface area (Å²) in [5.41, 5.74) is 2.60. The van der Waals surface area contributed by atoms with Crippen molar-refractivity contribution in [2.24, 2.45) is 0 Å². The highest BCUT2D eigenvalue weighted by molar-refractivity contribution is 6.00. The second kappa shape index (κ2) is 6.20. The van der Waals surface area contributed by atoms with Crippen LogP contribution in [0.15, 0.2) is 54.6 Å². The number of benzene rings is 2. The van der Waals surface area contributed by atoms with Gasteiger partial charge in [0, 0.05) is 28.9 Å². The molecule has 2 heterocycles. The average Bonchev–Trinajstić information content (AvgIpc) is 3.22. The van der Waals surface area contributed by atoms with Crippen molar-refractivity contribution >= 4 is 16.8 Å². The first-order chi connectivity index (χ1) is 12.5. The predicted octanol–water partition coefficient (Wildman–Crippen LogP) is 4.58. The number of carbonyl (C=O) groups is 1. The van der Waals surface area contributed by atoms with Gasteiger partial charge in [-0.25, -0.2) is 0 Å². The van der Waals surface area contributed by atoms with E-state index in [2.05, 4.69) is 43.1 Å². The Balaban J connectivity index is 1.67. The third kappa shape index (κ3) is 2.57. The van der Waals surface area contributed by atoms with E-state index in [4.69, 9.17) is 4.74 Å². The van der Waals surface area contributed by atoms with Gasteiger partial charge in [0.15, 0.2) is 0 Å². The molecule has 1 aliphatic heterocycles. The molecular formula is C22H24N2O2. The number of amides is 1. The fourth-order valence-corrected chi connectivity index (χ4v) is 4.28. The molecule has 1 unspecified atom stereocenters. The molecule has 0 radical (unpaired) electrons. The number of rotatable bonds is 3. The van der Waals surface area contributed by atoms with E-state index < -0.39 is 0 Å². The van der Waals surface area contributed by atoms with Gasteiger partial charge in [-0.05, 0) is 44.0 Å². The minimum absolute atomic E-state index is 0.0479. The van der Waals surface area contributed by atoms with E-state index in [-0.39, 0.29) is 11.4 Å². The zero-order valence-corrected chi connectivity index (χ0v) is 15.5. The van der Waals surface area contributed by atoms with Crippen LogP contribution in [0.25, 0.3) is 10.9 Å². The largest absolute Gasteiger partial charge is 0.496 e. The topological polar surface area (TPSA) is 45.3 Å². The molecule has 1 atom stereocenters. The number of H-pyrrole nitrogens is 1. The molecule has 1 aliphatic rings. The van der Waals surface area contributed by atoms with E-state index in [1.807, 2.05) is 35.2 Å². The third-order valence-electron chi connectivity index (χ3n) is 5.71. The van der Waals surface area contributed by atoms with Crippen LogP contribution in [0, 0.1) is 0 Å². The molecule has 4 heteroatoms. The van der Waals surface area contributed by atoms with E-state index in [1.54, 1.807) is 7.11 Å².